The summed E-state index contributed by atoms with van der Waals surface area (Å²) in [4.78, 5) is 14.3. The number of nitrogens with one attached hydrogen (secondary N) is 1. The predicted octanol–water partition coefficient (Wildman–Crippen LogP) is 0.999. The molecule has 0 unspecified atom stereocenters. The molecule has 5 nitrogen and oxygen atoms in total. The average molecular weight is 315 g/mol. The van der Waals surface area contributed by atoms with E-state index in [1.165, 1.54) is 0 Å². The van der Waals surface area contributed by atoms with Gasteiger partial charge < -0.3 is 10.2 Å². The zero-order valence-corrected chi connectivity index (χ0v) is 12.4. The lowest BCUT2D eigenvalue weighted by Crippen LogP contribution is -2.43. The van der Waals surface area contributed by atoms with Crippen molar-refractivity contribution in [2.75, 3.05) is 33.7 Å². The summed E-state index contributed by atoms with van der Waals surface area (Å²) >= 11 is 3.42. The normalized spacial score (nSPS) is 16.0. The Morgan fingerprint density at radius 1 is 1.61 bits per heavy atom. The first-order chi connectivity index (χ1) is 8.58. The van der Waals surface area contributed by atoms with Gasteiger partial charge in [-0.1, -0.05) is 0 Å². The van der Waals surface area contributed by atoms with Crippen LogP contribution in [-0.4, -0.2) is 54.2 Å². The SMILES string of the molecule is CN(C)CCn1ncc(Br)c1C(=O)CC1CNC1. The molecule has 1 aromatic heterocycles. The summed E-state index contributed by atoms with van der Waals surface area (Å²) in [5, 5.41) is 7.45. The van der Waals surface area contributed by atoms with E-state index in [0.29, 0.717) is 18.0 Å². The van der Waals surface area contributed by atoms with E-state index >= 15 is 0 Å². The number of nitrogens with zero attached hydrogens (tertiary/aromatic N) is 3. The van der Waals surface area contributed by atoms with Gasteiger partial charge in [0, 0.05) is 13.0 Å². The monoisotopic (exact) mass is 314 g/mol. The first-order valence-corrected chi connectivity index (χ1v) is 6.97. The number of ketones is 1. The molecular weight excluding hydrogens is 296 g/mol. The average Bonchev–Trinajstić information content (AvgIpc) is 2.62. The van der Waals surface area contributed by atoms with Crippen LogP contribution in [0.2, 0.25) is 0 Å². The maximum absolute atomic E-state index is 12.3. The van der Waals surface area contributed by atoms with Crippen molar-refractivity contribution in [1.82, 2.24) is 20.0 Å². The van der Waals surface area contributed by atoms with E-state index in [-0.39, 0.29) is 5.78 Å². The van der Waals surface area contributed by atoms with Crippen LogP contribution in [0.4, 0.5) is 0 Å². The van der Waals surface area contributed by atoms with Crippen LogP contribution in [0.1, 0.15) is 16.9 Å². The molecule has 1 aliphatic heterocycles. The number of Topliss-reactive ketones (excluding diaryl/α,β-unsaturated/α-hetero) is 1. The Morgan fingerprint density at radius 3 is 2.89 bits per heavy atom. The van der Waals surface area contributed by atoms with Gasteiger partial charge in [0.1, 0.15) is 5.69 Å². The number of aromatic nitrogens is 2. The van der Waals surface area contributed by atoms with E-state index in [2.05, 4.69) is 31.2 Å². The van der Waals surface area contributed by atoms with Crippen LogP contribution in [0.25, 0.3) is 0 Å². The second-order valence-corrected chi connectivity index (χ2v) is 5.87. The molecule has 1 aromatic rings. The van der Waals surface area contributed by atoms with E-state index in [1.54, 1.807) is 10.9 Å². The van der Waals surface area contributed by atoms with Gasteiger partial charge in [-0.3, -0.25) is 9.48 Å². The van der Waals surface area contributed by atoms with E-state index in [9.17, 15) is 4.79 Å². The highest BCUT2D eigenvalue weighted by atomic mass is 79.9. The number of halogens is 1. The third-order valence-corrected chi connectivity index (χ3v) is 3.74. The number of hydrogen-bond acceptors (Lipinski definition) is 4. The zero-order chi connectivity index (χ0) is 13.1. The summed E-state index contributed by atoms with van der Waals surface area (Å²) in [6.45, 7) is 3.52. The Balaban J connectivity index is 2.04. The van der Waals surface area contributed by atoms with Crippen LogP contribution in [0, 0.1) is 5.92 Å². The Bertz CT molecular complexity index is 426. The fourth-order valence-electron chi connectivity index (χ4n) is 1.96. The van der Waals surface area contributed by atoms with E-state index < -0.39 is 0 Å². The summed E-state index contributed by atoms with van der Waals surface area (Å²) < 4.78 is 2.61. The van der Waals surface area contributed by atoms with Crippen molar-refractivity contribution in [2.45, 2.75) is 13.0 Å². The molecule has 0 spiro atoms. The van der Waals surface area contributed by atoms with Gasteiger partial charge in [-0.05, 0) is 49.0 Å². The van der Waals surface area contributed by atoms with Gasteiger partial charge in [0.25, 0.3) is 0 Å². The highest BCUT2D eigenvalue weighted by molar-refractivity contribution is 9.10. The van der Waals surface area contributed by atoms with Gasteiger partial charge in [-0.2, -0.15) is 5.10 Å². The van der Waals surface area contributed by atoms with Crippen LogP contribution >= 0.6 is 15.9 Å². The standard InChI is InChI=1S/C12H19BrN4O/c1-16(2)3-4-17-12(10(13)8-15-17)11(18)5-9-6-14-7-9/h8-9,14H,3-7H2,1-2H3. The molecule has 1 fully saturated rings. The Labute approximate surface area is 116 Å². The minimum atomic E-state index is 0.185. The minimum Gasteiger partial charge on any atom is -0.316 e. The van der Waals surface area contributed by atoms with Crippen LogP contribution in [-0.2, 0) is 6.54 Å². The molecule has 100 valence electrons. The highest BCUT2D eigenvalue weighted by Gasteiger charge is 2.24. The Morgan fingerprint density at radius 2 is 2.33 bits per heavy atom. The Hall–Kier alpha value is -0.720. The molecule has 18 heavy (non-hydrogen) atoms. The molecule has 0 amide bonds. The van der Waals surface area contributed by atoms with Crippen molar-refractivity contribution >= 4 is 21.7 Å². The fourth-order valence-corrected chi connectivity index (χ4v) is 2.47. The van der Waals surface area contributed by atoms with Gasteiger partial charge in [0.2, 0.25) is 0 Å². The Kier molecular flexibility index (Phi) is 4.53. The van der Waals surface area contributed by atoms with Crippen molar-refractivity contribution in [3.05, 3.63) is 16.4 Å². The molecule has 0 radical (unpaired) electrons. The molecule has 0 aliphatic carbocycles. The molecule has 1 aliphatic rings. The molecule has 6 heteroatoms. The topological polar surface area (TPSA) is 50.2 Å². The minimum absolute atomic E-state index is 0.185. The van der Waals surface area contributed by atoms with E-state index in [4.69, 9.17) is 0 Å². The highest BCUT2D eigenvalue weighted by Crippen LogP contribution is 2.21. The van der Waals surface area contributed by atoms with Gasteiger partial charge in [-0.25, -0.2) is 0 Å². The fraction of sp³-hybridized carbons (Fsp3) is 0.667. The smallest absolute Gasteiger partial charge is 0.182 e. The zero-order valence-electron chi connectivity index (χ0n) is 10.8. The van der Waals surface area contributed by atoms with Crippen molar-refractivity contribution < 1.29 is 4.79 Å². The summed E-state index contributed by atoms with van der Waals surface area (Å²) in [6.07, 6.45) is 2.32. The molecule has 1 saturated heterocycles. The van der Waals surface area contributed by atoms with Crippen LogP contribution in [0.5, 0.6) is 0 Å². The molecular formula is C12H19BrN4O. The third kappa shape index (κ3) is 3.18. The number of rotatable bonds is 6. The third-order valence-electron chi connectivity index (χ3n) is 3.16. The van der Waals surface area contributed by atoms with Gasteiger partial charge in [-0.15, -0.1) is 0 Å². The van der Waals surface area contributed by atoms with Crippen LogP contribution < -0.4 is 5.32 Å². The predicted molar refractivity (Wildman–Crippen MR) is 73.8 cm³/mol. The molecule has 0 saturated carbocycles. The van der Waals surface area contributed by atoms with Gasteiger partial charge in [0.05, 0.1) is 17.2 Å². The largest absolute Gasteiger partial charge is 0.316 e. The number of hydrogen-bond donors (Lipinski definition) is 1. The van der Waals surface area contributed by atoms with Crippen LogP contribution in [0.3, 0.4) is 0 Å². The maximum atomic E-state index is 12.3. The molecule has 1 N–H and O–H groups in total. The van der Waals surface area contributed by atoms with Crippen molar-refractivity contribution in [2.24, 2.45) is 5.92 Å². The lowest BCUT2D eigenvalue weighted by Gasteiger charge is -2.26. The van der Waals surface area contributed by atoms with Crippen LogP contribution in [0.15, 0.2) is 10.7 Å². The lowest BCUT2D eigenvalue weighted by atomic mass is 9.96. The van der Waals surface area contributed by atoms with E-state index in [1.807, 2.05) is 14.1 Å². The summed E-state index contributed by atoms with van der Waals surface area (Å²) in [7, 11) is 4.03. The van der Waals surface area contributed by atoms with Crippen molar-refractivity contribution in [1.29, 1.82) is 0 Å². The van der Waals surface area contributed by atoms with Crippen molar-refractivity contribution in [3.63, 3.8) is 0 Å². The summed E-state index contributed by atoms with van der Waals surface area (Å²) in [5.41, 5.74) is 0.712. The quantitative estimate of drug-likeness (QED) is 0.796. The molecule has 2 heterocycles. The molecule has 0 aromatic carbocycles. The second-order valence-electron chi connectivity index (χ2n) is 5.02. The molecule has 2 rings (SSSR count). The summed E-state index contributed by atoms with van der Waals surface area (Å²) in [5.74, 6) is 0.672. The first kappa shape index (κ1) is 13.7. The summed E-state index contributed by atoms with van der Waals surface area (Å²) in [6, 6.07) is 0. The number of likely N-dealkylation sites (N-methyl/N-ethyl adjacent to an activating group) is 1. The van der Waals surface area contributed by atoms with Gasteiger partial charge >= 0.3 is 0 Å². The number of carbonyl (C=O) groups excluding carboxylic acids is 1. The second kappa shape index (κ2) is 5.95. The lowest BCUT2D eigenvalue weighted by molar-refractivity contribution is 0.0933. The first-order valence-electron chi connectivity index (χ1n) is 6.18. The van der Waals surface area contributed by atoms with Gasteiger partial charge in [0.15, 0.2) is 5.78 Å². The molecule has 0 bridgehead atoms. The maximum Gasteiger partial charge on any atom is 0.182 e. The number of carbonyl (C=O) groups is 1. The van der Waals surface area contributed by atoms with Crippen molar-refractivity contribution in [3.8, 4) is 0 Å². The molecule has 0 atom stereocenters. The van der Waals surface area contributed by atoms with E-state index in [0.717, 1.165) is 30.7 Å².